The first kappa shape index (κ1) is 13.5. The summed E-state index contributed by atoms with van der Waals surface area (Å²) in [7, 11) is 1.56. The Morgan fingerprint density at radius 2 is 1.88 bits per heavy atom. The smallest absolute Gasteiger partial charge is 0.188 e. The van der Waals surface area contributed by atoms with Crippen molar-refractivity contribution in [2.24, 2.45) is 0 Å². The first-order valence-electron chi connectivity index (χ1n) is 4.90. The van der Waals surface area contributed by atoms with Gasteiger partial charge in [-0.2, -0.15) is 0 Å². The van der Waals surface area contributed by atoms with Crippen LogP contribution in [0.2, 0.25) is 0 Å². The molecule has 1 aromatic carbocycles. The summed E-state index contributed by atoms with van der Waals surface area (Å²) in [6, 6.07) is 3.59. The molecule has 0 saturated carbocycles. The highest BCUT2D eigenvalue weighted by Gasteiger charge is 2.10. The maximum absolute atomic E-state index is 9.13. The normalized spacial score (nSPS) is 10.2. The fourth-order valence-corrected chi connectivity index (χ4v) is 1.83. The highest BCUT2D eigenvalue weighted by atomic mass is 127. The molecule has 0 saturated heterocycles. The monoisotopic (exact) mass is 338 g/mol. The number of rotatable bonds is 6. The van der Waals surface area contributed by atoms with Crippen LogP contribution in [0.1, 0.15) is 12.5 Å². The first-order valence-corrected chi connectivity index (χ1v) is 5.98. The van der Waals surface area contributed by atoms with Crippen molar-refractivity contribution in [1.29, 1.82) is 0 Å². The Bertz CT molecular complexity index is 341. The lowest BCUT2D eigenvalue weighted by atomic mass is 10.2. The van der Waals surface area contributed by atoms with Gasteiger partial charge in [0.25, 0.3) is 0 Å². The van der Waals surface area contributed by atoms with Crippen molar-refractivity contribution in [3.05, 3.63) is 21.3 Å². The van der Waals surface area contributed by atoms with E-state index in [0.29, 0.717) is 12.4 Å². The third-order valence-electron chi connectivity index (χ3n) is 1.88. The lowest BCUT2D eigenvalue weighted by molar-refractivity contribution is 0.0501. The summed E-state index contributed by atoms with van der Waals surface area (Å²) in [5.41, 5.74) is 0.759. The van der Waals surface area contributed by atoms with Crippen molar-refractivity contribution in [2.45, 2.75) is 13.5 Å². The first-order chi connectivity index (χ1) is 7.72. The zero-order valence-electron chi connectivity index (χ0n) is 9.33. The average molecular weight is 338 g/mol. The average Bonchev–Trinajstić information content (AvgIpc) is 2.30. The number of hydrogen-bond acceptors (Lipinski definition) is 4. The van der Waals surface area contributed by atoms with E-state index in [2.05, 4.69) is 22.6 Å². The van der Waals surface area contributed by atoms with Gasteiger partial charge in [-0.1, -0.05) is 0 Å². The highest BCUT2D eigenvalue weighted by molar-refractivity contribution is 14.1. The fourth-order valence-electron chi connectivity index (χ4n) is 1.21. The number of halogens is 1. The molecule has 0 aliphatic rings. The molecule has 4 nitrogen and oxygen atoms in total. The molecule has 1 aromatic rings. The van der Waals surface area contributed by atoms with Crippen molar-refractivity contribution >= 4 is 22.6 Å². The molecular formula is C11H15IO4. The molecule has 0 atom stereocenters. The van der Waals surface area contributed by atoms with Gasteiger partial charge < -0.3 is 19.3 Å². The van der Waals surface area contributed by atoms with Crippen LogP contribution in [0.15, 0.2) is 12.1 Å². The minimum absolute atomic E-state index is 0.0413. The Labute approximate surface area is 109 Å². The van der Waals surface area contributed by atoms with E-state index in [-0.39, 0.29) is 13.4 Å². The van der Waals surface area contributed by atoms with Gasteiger partial charge in [0.05, 0.1) is 16.8 Å². The number of aliphatic hydroxyl groups excluding tert-OH is 1. The highest BCUT2D eigenvalue weighted by Crippen LogP contribution is 2.32. The van der Waals surface area contributed by atoms with Gasteiger partial charge in [0.2, 0.25) is 0 Å². The Kier molecular flexibility index (Phi) is 5.86. The predicted molar refractivity (Wildman–Crippen MR) is 68.8 cm³/mol. The van der Waals surface area contributed by atoms with Gasteiger partial charge in [-0.25, -0.2) is 0 Å². The maximum atomic E-state index is 9.13. The lowest BCUT2D eigenvalue weighted by Crippen LogP contribution is -2.03. The summed E-state index contributed by atoms with van der Waals surface area (Å²) in [6.07, 6.45) is 0. The molecule has 0 bridgehead atoms. The Hall–Kier alpha value is -0.530. The van der Waals surface area contributed by atoms with Gasteiger partial charge in [-0.15, -0.1) is 0 Å². The number of aliphatic hydroxyl groups is 1. The molecule has 1 N–H and O–H groups in total. The van der Waals surface area contributed by atoms with Gasteiger partial charge in [-0.05, 0) is 47.2 Å². The molecule has 0 radical (unpaired) electrons. The second-order valence-corrected chi connectivity index (χ2v) is 4.13. The minimum atomic E-state index is -0.0413. The van der Waals surface area contributed by atoms with E-state index in [1.165, 1.54) is 0 Å². The summed E-state index contributed by atoms with van der Waals surface area (Å²) in [5.74, 6) is 1.39. The predicted octanol–water partition coefficient (Wildman–Crippen LogP) is 2.16. The third-order valence-corrected chi connectivity index (χ3v) is 2.94. The van der Waals surface area contributed by atoms with Crippen molar-refractivity contribution < 1.29 is 19.3 Å². The molecule has 0 amide bonds. The van der Waals surface area contributed by atoms with E-state index in [4.69, 9.17) is 19.3 Å². The van der Waals surface area contributed by atoms with Crippen molar-refractivity contribution in [3.63, 3.8) is 0 Å². The zero-order valence-corrected chi connectivity index (χ0v) is 11.5. The van der Waals surface area contributed by atoms with E-state index in [1.807, 2.05) is 13.0 Å². The second-order valence-electron chi connectivity index (χ2n) is 3.05. The van der Waals surface area contributed by atoms with E-state index in [9.17, 15) is 0 Å². The quantitative estimate of drug-likeness (QED) is 0.638. The molecule has 0 aliphatic heterocycles. The Morgan fingerprint density at radius 3 is 2.38 bits per heavy atom. The van der Waals surface area contributed by atoms with Crippen LogP contribution < -0.4 is 9.47 Å². The molecule has 16 heavy (non-hydrogen) atoms. The number of hydrogen-bond donors (Lipinski definition) is 1. The Balaban J connectivity index is 2.99. The van der Waals surface area contributed by atoms with Crippen LogP contribution in [0.5, 0.6) is 11.5 Å². The maximum Gasteiger partial charge on any atom is 0.188 e. The van der Waals surface area contributed by atoms with Crippen LogP contribution in [0.25, 0.3) is 0 Å². The molecule has 90 valence electrons. The SMILES string of the molecule is CCOc1cc(CO)cc(OCOC)c1I. The molecule has 0 unspecified atom stereocenters. The molecule has 0 aromatic heterocycles. The summed E-state index contributed by atoms with van der Waals surface area (Å²) in [6.45, 7) is 2.63. The fraction of sp³-hybridized carbons (Fsp3) is 0.455. The molecule has 0 spiro atoms. The summed E-state index contributed by atoms with van der Waals surface area (Å²) in [4.78, 5) is 0. The number of methoxy groups -OCH3 is 1. The van der Waals surface area contributed by atoms with E-state index in [1.54, 1.807) is 13.2 Å². The second kappa shape index (κ2) is 6.93. The lowest BCUT2D eigenvalue weighted by Gasteiger charge is -2.13. The Morgan fingerprint density at radius 1 is 1.25 bits per heavy atom. The largest absolute Gasteiger partial charge is 0.493 e. The van der Waals surface area contributed by atoms with Crippen molar-refractivity contribution in [1.82, 2.24) is 0 Å². The van der Waals surface area contributed by atoms with Gasteiger partial charge in [-0.3, -0.25) is 0 Å². The van der Waals surface area contributed by atoms with E-state index < -0.39 is 0 Å². The van der Waals surface area contributed by atoms with Gasteiger partial charge in [0.15, 0.2) is 6.79 Å². The van der Waals surface area contributed by atoms with Crippen molar-refractivity contribution in [3.8, 4) is 11.5 Å². The molecule has 0 heterocycles. The number of benzene rings is 1. The van der Waals surface area contributed by atoms with Gasteiger partial charge in [0, 0.05) is 7.11 Å². The molecule has 5 heteroatoms. The third kappa shape index (κ3) is 3.50. The van der Waals surface area contributed by atoms with Gasteiger partial charge >= 0.3 is 0 Å². The zero-order chi connectivity index (χ0) is 12.0. The standard InChI is InChI=1S/C11H15IO4/c1-3-15-9-4-8(6-13)5-10(11(9)12)16-7-14-2/h4-5,13H,3,6-7H2,1-2H3. The van der Waals surface area contributed by atoms with Crippen molar-refractivity contribution in [2.75, 3.05) is 20.5 Å². The summed E-state index contributed by atoms with van der Waals surface area (Å²) >= 11 is 2.15. The molecule has 0 aliphatic carbocycles. The molecular weight excluding hydrogens is 323 g/mol. The van der Waals surface area contributed by atoms with Crippen LogP contribution in [0, 0.1) is 3.57 Å². The molecule has 0 fully saturated rings. The van der Waals surface area contributed by atoms with Crippen LogP contribution in [0.4, 0.5) is 0 Å². The number of ether oxygens (including phenoxy) is 3. The van der Waals surface area contributed by atoms with Gasteiger partial charge in [0.1, 0.15) is 11.5 Å². The van der Waals surface area contributed by atoms with Crippen LogP contribution >= 0.6 is 22.6 Å². The topological polar surface area (TPSA) is 47.9 Å². The van der Waals surface area contributed by atoms with E-state index in [0.717, 1.165) is 14.9 Å². The van der Waals surface area contributed by atoms with E-state index >= 15 is 0 Å². The van der Waals surface area contributed by atoms with Crippen LogP contribution in [0.3, 0.4) is 0 Å². The van der Waals surface area contributed by atoms with Crippen LogP contribution in [-0.2, 0) is 11.3 Å². The molecule has 1 rings (SSSR count). The summed E-state index contributed by atoms with van der Waals surface area (Å²) in [5, 5.41) is 9.13. The minimum Gasteiger partial charge on any atom is -0.493 e. The van der Waals surface area contributed by atoms with Crippen LogP contribution in [-0.4, -0.2) is 25.6 Å². The summed E-state index contributed by atoms with van der Waals surface area (Å²) < 4.78 is 16.6.